The van der Waals surface area contributed by atoms with Crippen LogP contribution in [-0.4, -0.2) is 29.1 Å². The Labute approximate surface area is 141 Å². The summed E-state index contributed by atoms with van der Waals surface area (Å²) in [5.41, 5.74) is 2.14. The van der Waals surface area contributed by atoms with E-state index < -0.39 is 24.0 Å². The molecule has 4 nitrogen and oxygen atoms in total. The van der Waals surface area contributed by atoms with Crippen LogP contribution in [0.1, 0.15) is 30.4 Å². The SMILES string of the molecule is Cc1ccc(CNC(=O)[C@@H]2CCC(F)(F)C2)cc1.O=C(O)C(F)(F)F. The Morgan fingerprint density at radius 2 is 1.76 bits per heavy atom. The first-order valence-corrected chi connectivity index (χ1v) is 7.42. The van der Waals surface area contributed by atoms with Crippen molar-refractivity contribution in [2.75, 3.05) is 0 Å². The maximum Gasteiger partial charge on any atom is 0.490 e. The van der Waals surface area contributed by atoms with Gasteiger partial charge in [0.2, 0.25) is 11.8 Å². The number of carbonyl (C=O) groups excluding carboxylic acids is 1. The number of aryl methyl sites for hydroxylation is 1. The van der Waals surface area contributed by atoms with Crippen molar-refractivity contribution in [3.05, 3.63) is 35.4 Å². The van der Waals surface area contributed by atoms with Crippen LogP contribution in [0.25, 0.3) is 0 Å². The summed E-state index contributed by atoms with van der Waals surface area (Å²) >= 11 is 0. The third-order valence-electron chi connectivity index (χ3n) is 3.60. The predicted molar refractivity (Wildman–Crippen MR) is 79.0 cm³/mol. The van der Waals surface area contributed by atoms with Crippen LogP contribution in [0, 0.1) is 12.8 Å². The highest BCUT2D eigenvalue weighted by molar-refractivity contribution is 5.79. The summed E-state index contributed by atoms with van der Waals surface area (Å²) in [6.07, 6.45) is -5.28. The Hall–Kier alpha value is -2.19. The van der Waals surface area contributed by atoms with Crippen molar-refractivity contribution < 1.29 is 36.6 Å². The van der Waals surface area contributed by atoms with E-state index in [1.54, 1.807) is 0 Å². The van der Waals surface area contributed by atoms with Crippen molar-refractivity contribution in [1.29, 1.82) is 0 Å². The van der Waals surface area contributed by atoms with Crippen molar-refractivity contribution in [1.82, 2.24) is 5.32 Å². The number of benzene rings is 1. The summed E-state index contributed by atoms with van der Waals surface area (Å²) in [5, 5.41) is 9.85. The fourth-order valence-electron chi connectivity index (χ4n) is 2.21. The van der Waals surface area contributed by atoms with Gasteiger partial charge in [0.05, 0.1) is 0 Å². The van der Waals surface area contributed by atoms with Gasteiger partial charge in [-0.3, -0.25) is 4.79 Å². The molecule has 140 valence electrons. The number of hydrogen-bond donors (Lipinski definition) is 2. The standard InChI is InChI=1S/C14H17F2NO.C2HF3O2/c1-10-2-4-11(5-3-10)9-17-13(18)12-6-7-14(15,16)8-12;3-2(4,5)1(6)7/h2-5,12H,6-9H2,1H3,(H,17,18);(H,6,7)/t12-;/m1./s1. The Morgan fingerprint density at radius 1 is 1.24 bits per heavy atom. The summed E-state index contributed by atoms with van der Waals surface area (Å²) in [4.78, 5) is 20.6. The fraction of sp³-hybridized carbons (Fsp3) is 0.500. The number of aliphatic carboxylic acids is 1. The second-order valence-corrected chi connectivity index (χ2v) is 5.80. The zero-order valence-corrected chi connectivity index (χ0v) is 13.4. The molecule has 1 aliphatic carbocycles. The summed E-state index contributed by atoms with van der Waals surface area (Å²) < 4.78 is 57.7. The van der Waals surface area contributed by atoms with Gasteiger partial charge in [-0.25, -0.2) is 13.6 Å². The van der Waals surface area contributed by atoms with Gasteiger partial charge in [-0.15, -0.1) is 0 Å². The van der Waals surface area contributed by atoms with Crippen LogP contribution in [0.5, 0.6) is 0 Å². The molecule has 25 heavy (non-hydrogen) atoms. The van der Waals surface area contributed by atoms with E-state index in [0.29, 0.717) is 6.54 Å². The van der Waals surface area contributed by atoms with Crippen LogP contribution >= 0.6 is 0 Å². The first-order valence-electron chi connectivity index (χ1n) is 7.42. The van der Waals surface area contributed by atoms with Crippen molar-refractivity contribution in [2.45, 2.75) is 44.8 Å². The van der Waals surface area contributed by atoms with Crippen LogP contribution in [0.4, 0.5) is 22.0 Å². The molecule has 0 radical (unpaired) electrons. The van der Waals surface area contributed by atoms with E-state index in [0.717, 1.165) is 11.1 Å². The minimum atomic E-state index is -5.08. The average molecular weight is 367 g/mol. The summed E-state index contributed by atoms with van der Waals surface area (Å²) in [7, 11) is 0. The molecule has 2 N–H and O–H groups in total. The number of rotatable bonds is 3. The molecular formula is C16H18F5NO3. The predicted octanol–water partition coefficient (Wildman–Crippen LogP) is 3.68. The number of halogens is 5. The minimum absolute atomic E-state index is 0.171. The zero-order valence-electron chi connectivity index (χ0n) is 13.4. The molecule has 0 unspecified atom stereocenters. The molecule has 9 heteroatoms. The summed E-state index contributed by atoms with van der Waals surface area (Å²) in [6.45, 7) is 2.39. The lowest BCUT2D eigenvalue weighted by Crippen LogP contribution is -2.29. The van der Waals surface area contributed by atoms with Crippen LogP contribution in [0.2, 0.25) is 0 Å². The molecule has 0 aliphatic heterocycles. The van der Waals surface area contributed by atoms with Crippen LogP contribution in [0.3, 0.4) is 0 Å². The Bertz CT molecular complexity index is 599. The normalized spacial score (nSPS) is 18.9. The maximum atomic E-state index is 13.0. The van der Waals surface area contributed by atoms with Crippen LogP contribution in [0.15, 0.2) is 24.3 Å². The van der Waals surface area contributed by atoms with E-state index in [2.05, 4.69) is 5.32 Å². The monoisotopic (exact) mass is 367 g/mol. The smallest absolute Gasteiger partial charge is 0.475 e. The quantitative estimate of drug-likeness (QED) is 0.801. The summed E-state index contributed by atoms with van der Waals surface area (Å²) in [6, 6.07) is 7.79. The van der Waals surface area contributed by atoms with Gasteiger partial charge < -0.3 is 10.4 Å². The van der Waals surface area contributed by atoms with E-state index in [4.69, 9.17) is 9.90 Å². The van der Waals surface area contributed by atoms with Crippen molar-refractivity contribution in [3.63, 3.8) is 0 Å². The lowest BCUT2D eigenvalue weighted by Gasteiger charge is -2.11. The fourth-order valence-corrected chi connectivity index (χ4v) is 2.21. The minimum Gasteiger partial charge on any atom is -0.475 e. The van der Waals surface area contributed by atoms with Crippen LogP contribution in [-0.2, 0) is 16.1 Å². The Kier molecular flexibility index (Phi) is 6.89. The Balaban J connectivity index is 0.000000381. The molecule has 0 spiro atoms. The molecule has 0 bridgehead atoms. The third-order valence-corrected chi connectivity index (χ3v) is 3.60. The first-order chi connectivity index (χ1) is 11.4. The summed E-state index contributed by atoms with van der Waals surface area (Å²) in [5.74, 6) is -6.21. The largest absolute Gasteiger partial charge is 0.490 e. The molecule has 1 amide bonds. The van der Waals surface area contributed by atoms with Crippen molar-refractivity contribution >= 4 is 11.9 Å². The molecule has 1 aromatic rings. The lowest BCUT2D eigenvalue weighted by atomic mass is 10.1. The highest BCUT2D eigenvalue weighted by Crippen LogP contribution is 2.38. The van der Waals surface area contributed by atoms with E-state index in [9.17, 15) is 26.7 Å². The lowest BCUT2D eigenvalue weighted by molar-refractivity contribution is -0.192. The second kappa shape index (κ2) is 8.26. The number of alkyl halides is 5. The van der Waals surface area contributed by atoms with E-state index in [1.807, 2.05) is 31.2 Å². The van der Waals surface area contributed by atoms with Gasteiger partial charge in [0.1, 0.15) is 0 Å². The number of nitrogens with one attached hydrogen (secondary N) is 1. The molecule has 2 rings (SSSR count). The Morgan fingerprint density at radius 3 is 2.16 bits per heavy atom. The molecule has 0 aromatic heterocycles. The number of carboxylic acids is 1. The van der Waals surface area contributed by atoms with Gasteiger partial charge in [-0.2, -0.15) is 13.2 Å². The van der Waals surface area contributed by atoms with Crippen molar-refractivity contribution in [3.8, 4) is 0 Å². The number of carboxylic acid groups (broad SMARTS) is 1. The molecule has 1 aromatic carbocycles. The molecule has 0 heterocycles. The van der Waals surface area contributed by atoms with Gasteiger partial charge in [-0.1, -0.05) is 29.8 Å². The average Bonchev–Trinajstić information content (AvgIpc) is 2.86. The molecule has 1 saturated carbocycles. The number of hydrogen-bond acceptors (Lipinski definition) is 2. The molecule has 1 atom stereocenters. The first kappa shape index (κ1) is 20.9. The van der Waals surface area contributed by atoms with E-state index in [1.165, 1.54) is 0 Å². The third kappa shape index (κ3) is 7.49. The van der Waals surface area contributed by atoms with Gasteiger partial charge in [0, 0.05) is 25.3 Å². The highest BCUT2D eigenvalue weighted by atomic mass is 19.4. The van der Waals surface area contributed by atoms with Crippen molar-refractivity contribution in [2.24, 2.45) is 5.92 Å². The van der Waals surface area contributed by atoms with E-state index in [-0.39, 0.29) is 25.2 Å². The van der Waals surface area contributed by atoms with E-state index >= 15 is 0 Å². The number of carbonyl (C=O) groups is 2. The molecule has 0 saturated heterocycles. The molecule has 1 fully saturated rings. The van der Waals surface area contributed by atoms with Crippen LogP contribution < -0.4 is 5.32 Å². The maximum absolute atomic E-state index is 13.0. The van der Waals surface area contributed by atoms with Gasteiger partial charge >= 0.3 is 12.1 Å². The highest BCUT2D eigenvalue weighted by Gasteiger charge is 2.42. The van der Waals surface area contributed by atoms with Gasteiger partial charge in [-0.05, 0) is 18.9 Å². The van der Waals surface area contributed by atoms with Gasteiger partial charge in [0.25, 0.3) is 0 Å². The zero-order chi connectivity index (χ0) is 19.3. The van der Waals surface area contributed by atoms with Gasteiger partial charge in [0.15, 0.2) is 0 Å². The number of amides is 1. The second-order valence-electron chi connectivity index (χ2n) is 5.80. The topological polar surface area (TPSA) is 66.4 Å². The molecule has 1 aliphatic rings. The molecular weight excluding hydrogens is 349 g/mol.